The first-order valence-electron chi connectivity index (χ1n) is 11.3. The Hall–Kier alpha value is -4.68. The molecule has 2 aromatic heterocycles. The van der Waals surface area contributed by atoms with E-state index in [1.165, 1.54) is 44.2 Å². The number of amides is 3. The van der Waals surface area contributed by atoms with Crippen LogP contribution >= 0.6 is 0 Å². The SMILES string of the molecule is CC(C)C(NC(=O)Cn1c(-c2ccccc2)ccc(NC(=O)Nc2cccc[n+]2[O-])c1=O)C(=O)C(F)(F)F. The maximum atomic E-state index is 13.3. The number of ketones is 1. The maximum Gasteiger partial charge on any atom is 0.452 e. The number of nitrogens with zero attached hydrogens (tertiary/aromatic N) is 2. The van der Waals surface area contributed by atoms with Gasteiger partial charge in [0.05, 0.1) is 17.9 Å². The van der Waals surface area contributed by atoms with Gasteiger partial charge in [-0.1, -0.05) is 50.2 Å². The Morgan fingerprint density at radius 2 is 1.63 bits per heavy atom. The van der Waals surface area contributed by atoms with Gasteiger partial charge in [0.25, 0.3) is 17.2 Å². The van der Waals surface area contributed by atoms with E-state index >= 15 is 0 Å². The summed E-state index contributed by atoms with van der Waals surface area (Å²) in [5, 5.41) is 18.4. The molecule has 3 N–H and O–H groups in total. The second-order valence-electron chi connectivity index (χ2n) is 8.53. The molecule has 3 aromatic rings. The van der Waals surface area contributed by atoms with Gasteiger partial charge in [0.15, 0.2) is 0 Å². The molecule has 1 atom stereocenters. The highest BCUT2D eigenvalue weighted by molar-refractivity contribution is 5.98. The Balaban J connectivity index is 1.92. The first-order valence-corrected chi connectivity index (χ1v) is 11.3. The van der Waals surface area contributed by atoms with E-state index in [4.69, 9.17) is 0 Å². The molecule has 3 amide bonds. The number of hydrogen-bond acceptors (Lipinski definition) is 5. The Kier molecular flexibility index (Phi) is 8.50. The van der Waals surface area contributed by atoms with Crippen molar-refractivity contribution in [2.24, 2.45) is 5.92 Å². The third kappa shape index (κ3) is 6.75. The monoisotopic (exact) mass is 531 g/mol. The average Bonchev–Trinajstić information content (AvgIpc) is 2.86. The van der Waals surface area contributed by atoms with Gasteiger partial charge in [-0.05, 0) is 29.7 Å². The summed E-state index contributed by atoms with van der Waals surface area (Å²) in [5.41, 5.74) is -0.365. The number of rotatable bonds is 8. The first kappa shape index (κ1) is 27.9. The summed E-state index contributed by atoms with van der Waals surface area (Å²) < 4.78 is 40.4. The van der Waals surface area contributed by atoms with E-state index in [2.05, 4.69) is 16.0 Å². The van der Waals surface area contributed by atoms with Gasteiger partial charge in [0.1, 0.15) is 12.2 Å². The van der Waals surface area contributed by atoms with Crippen molar-refractivity contribution in [3.05, 3.63) is 82.4 Å². The third-order valence-corrected chi connectivity index (χ3v) is 5.40. The number of pyridine rings is 2. The number of aromatic nitrogens is 2. The zero-order valence-electron chi connectivity index (χ0n) is 20.3. The van der Waals surface area contributed by atoms with Gasteiger partial charge >= 0.3 is 12.2 Å². The zero-order valence-corrected chi connectivity index (χ0v) is 20.3. The van der Waals surface area contributed by atoms with E-state index in [-0.39, 0.29) is 17.2 Å². The lowest BCUT2D eigenvalue weighted by Gasteiger charge is -2.23. The summed E-state index contributed by atoms with van der Waals surface area (Å²) in [5.74, 6) is -4.12. The fourth-order valence-electron chi connectivity index (χ4n) is 3.56. The van der Waals surface area contributed by atoms with Crippen molar-refractivity contribution < 1.29 is 32.3 Å². The van der Waals surface area contributed by atoms with Crippen LogP contribution in [0, 0.1) is 11.1 Å². The van der Waals surface area contributed by atoms with Crippen molar-refractivity contribution in [2.45, 2.75) is 32.6 Å². The number of Topliss-reactive ketones (excluding diaryl/α,β-unsaturated/α-hetero) is 1. The summed E-state index contributed by atoms with van der Waals surface area (Å²) in [7, 11) is 0. The smallest absolute Gasteiger partial charge is 0.452 e. The van der Waals surface area contributed by atoms with Crippen molar-refractivity contribution in [1.29, 1.82) is 0 Å². The predicted molar refractivity (Wildman–Crippen MR) is 132 cm³/mol. The van der Waals surface area contributed by atoms with Crippen LogP contribution in [0.3, 0.4) is 0 Å². The van der Waals surface area contributed by atoms with E-state index < -0.39 is 48.0 Å². The van der Waals surface area contributed by atoms with Gasteiger partial charge in [-0.25, -0.2) is 9.52 Å². The second-order valence-corrected chi connectivity index (χ2v) is 8.53. The van der Waals surface area contributed by atoms with Gasteiger partial charge in [-0.15, -0.1) is 0 Å². The maximum absolute atomic E-state index is 13.3. The lowest BCUT2D eigenvalue weighted by Crippen LogP contribution is -2.50. The largest absolute Gasteiger partial charge is 0.711 e. The normalized spacial score (nSPS) is 12.1. The van der Waals surface area contributed by atoms with Gasteiger partial charge in [0.2, 0.25) is 5.91 Å². The van der Waals surface area contributed by atoms with Crippen LogP contribution in [0.5, 0.6) is 0 Å². The lowest BCUT2D eigenvalue weighted by atomic mass is 9.99. The van der Waals surface area contributed by atoms with Crippen LogP contribution in [0.25, 0.3) is 11.3 Å². The van der Waals surface area contributed by atoms with Crippen LogP contribution in [0.2, 0.25) is 0 Å². The number of halogens is 3. The Morgan fingerprint density at radius 1 is 0.974 bits per heavy atom. The highest BCUT2D eigenvalue weighted by Gasteiger charge is 2.45. The minimum absolute atomic E-state index is 0.111. The molecule has 2 heterocycles. The predicted octanol–water partition coefficient (Wildman–Crippen LogP) is 3.06. The molecule has 3 rings (SSSR count). The average molecular weight is 531 g/mol. The standard InChI is InChI=1S/C25H24F3N5O5/c1-15(2)21(22(35)25(26,27)28)31-20(34)14-32-18(16-8-4-3-5-9-16)12-11-17(23(32)36)29-24(37)30-19-10-6-7-13-33(19)38/h3-13,15,21H,14H2,1-2H3,(H,31,34)(H2,29,30,37). The van der Waals surface area contributed by atoms with Crippen LogP contribution < -0.4 is 26.2 Å². The Bertz CT molecular complexity index is 1390. The minimum atomic E-state index is -5.16. The highest BCUT2D eigenvalue weighted by Crippen LogP contribution is 2.22. The molecule has 1 unspecified atom stereocenters. The third-order valence-electron chi connectivity index (χ3n) is 5.40. The molecule has 0 saturated heterocycles. The molecule has 0 aliphatic heterocycles. The number of carbonyl (C=O) groups is 3. The molecule has 0 bridgehead atoms. The number of benzene rings is 1. The number of carbonyl (C=O) groups excluding carboxylic acids is 3. The summed E-state index contributed by atoms with van der Waals surface area (Å²) in [6.07, 6.45) is -4.00. The number of alkyl halides is 3. The highest BCUT2D eigenvalue weighted by atomic mass is 19.4. The van der Waals surface area contributed by atoms with Crippen LogP contribution in [-0.2, 0) is 16.1 Å². The quantitative estimate of drug-likeness (QED) is 0.303. The molecule has 38 heavy (non-hydrogen) atoms. The van der Waals surface area contributed by atoms with Crippen LogP contribution in [0.4, 0.5) is 29.5 Å². The fourth-order valence-corrected chi connectivity index (χ4v) is 3.56. The molecule has 13 heteroatoms. The fraction of sp³-hybridized carbons (Fsp3) is 0.240. The number of anilines is 2. The van der Waals surface area contributed by atoms with E-state index in [0.29, 0.717) is 10.3 Å². The lowest BCUT2D eigenvalue weighted by molar-refractivity contribution is -0.590. The number of nitrogens with one attached hydrogen (secondary N) is 3. The van der Waals surface area contributed by atoms with Crippen molar-refractivity contribution in [1.82, 2.24) is 9.88 Å². The summed E-state index contributed by atoms with van der Waals surface area (Å²) in [6, 6.07) is 12.6. The number of urea groups is 1. The van der Waals surface area contributed by atoms with Crippen molar-refractivity contribution >= 4 is 29.2 Å². The van der Waals surface area contributed by atoms with Gasteiger partial charge < -0.3 is 10.5 Å². The van der Waals surface area contributed by atoms with E-state index in [1.807, 2.05) is 0 Å². The number of hydrogen-bond donors (Lipinski definition) is 3. The molecule has 0 spiro atoms. The molecule has 0 aliphatic rings. The molecule has 10 nitrogen and oxygen atoms in total. The molecule has 1 aromatic carbocycles. The van der Waals surface area contributed by atoms with Crippen molar-refractivity contribution in [3.63, 3.8) is 0 Å². The van der Waals surface area contributed by atoms with Crippen molar-refractivity contribution in [3.8, 4) is 11.3 Å². The summed E-state index contributed by atoms with van der Waals surface area (Å²) in [4.78, 5) is 50.3. The van der Waals surface area contributed by atoms with Crippen LogP contribution in [-0.4, -0.2) is 34.5 Å². The van der Waals surface area contributed by atoms with E-state index in [9.17, 15) is 37.6 Å². The van der Waals surface area contributed by atoms with Crippen LogP contribution in [0.1, 0.15) is 13.8 Å². The molecular formula is C25H24F3N5O5. The topological polar surface area (TPSA) is 136 Å². The van der Waals surface area contributed by atoms with Crippen molar-refractivity contribution in [2.75, 3.05) is 10.6 Å². The molecule has 0 fully saturated rings. The molecule has 200 valence electrons. The molecular weight excluding hydrogens is 507 g/mol. The Labute approximate surface area is 214 Å². The zero-order chi connectivity index (χ0) is 28.0. The van der Waals surface area contributed by atoms with E-state index in [1.54, 1.807) is 30.3 Å². The molecule has 0 radical (unpaired) electrons. The Morgan fingerprint density at radius 3 is 2.24 bits per heavy atom. The van der Waals surface area contributed by atoms with Gasteiger partial charge in [-0.2, -0.15) is 18.5 Å². The minimum Gasteiger partial charge on any atom is -0.711 e. The summed E-state index contributed by atoms with van der Waals surface area (Å²) in [6.45, 7) is 1.95. The van der Waals surface area contributed by atoms with Gasteiger partial charge in [-0.3, -0.25) is 24.3 Å². The molecule has 0 saturated carbocycles. The van der Waals surface area contributed by atoms with Gasteiger partial charge in [0, 0.05) is 6.07 Å². The second kappa shape index (κ2) is 11.6. The first-order chi connectivity index (χ1) is 17.9. The summed E-state index contributed by atoms with van der Waals surface area (Å²) >= 11 is 0. The van der Waals surface area contributed by atoms with Crippen LogP contribution in [0.15, 0.2) is 71.7 Å². The molecule has 0 aliphatic carbocycles. The van der Waals surface area contributed by atoms with E-state index in [0.717, 1.165) is 10.8 Å².